The fourth-order valence-corrected chi connectivity index (χ4v) is 7.14. The number of nitrogens with zero attached hydrogens (tertiary/aromatic N) is 3. The smallest absolute Gasteiger partial charge is 0.259 e. The number of hydrogen-bond donors (Lipinski definition) is 1. The molecule has 6 rings (SSSR count). The molecule has 5 nitrogen and oxygen atoms in total. The lowest BCUT2D eigenvalue weighted by Gasteiger charge is -2.02. The predicted molar refractivity (Wildman–Crippen MR) is 125 cm³/mol. The van der Waals surface area contributed by atoms with Crippen molar-refractivity contribution < 1.29 is 0 Å². The lowest BCUT2D eigenvalue weighted by Crippen LogP contribution is -2.11. The quantitative estimate of drug-likeness (QED) is 0.293. The van der Waals surface area contributed by atoms with Gasteiger partial charge in [0, 0.05) is 15.1 Å². The first-order chi connectivity index (χ1) is 14.8. The summed E-state index contributed by atoms with van der Waals surface area (Å²) in [5.41, 5.74) is 2.38. The summed E-state index contributed by atoms with van der Waals surface area (Å²) in [5.74, 6) is 1.26. The van der Waals surface area contributed by atoms with Crippen molar-refractivity contribution >= 4 is 54.9 Å². The second-order valence-electron chi connectivity index (χ2n) is 7.21. The van der Waals surface area contributed by atoms with Crippen LogP contribution in [0.15, 0.2) is 52.5 Å². The molecule has 1 aliphatic carbocycles. The maximum atomic E-state index is 12.7. The van der Waals surface area contributed by atoms with Gasteiger partial charge in [-0.2, -0.15) is 0 Å². The first-order valence-electron chi connectivity index (χ1n) is 9.72. The van der Waals surface area contributed by atoms with Crippen molar-refractivity contribution in [1.82, 2.24) is 19.9 Å². The van der Waals surface area contributed by atoms with Crippen LogP contribution in [0, 0.1) is 0 Å². The monoisotopic (exact) mass is 448 g/mol. The van der Waals surface area contributed by atoms with Crippen LogP contribution in [0.5, 0.6) is 0 Å². The third kappa shape index (κ3) is 3.07. The Hall–Kier alpha value is -2.55. The molecule has 0 radical (unpaired) electrons. The second kappa shape index (κ2) is 7.30. The number of thiophene rings is 2. The number of nitrogens with one attached hydrogen (secondary N) is 1. The molecule has 148 valence electrons. The van der Waals surface area contributed by atoms with Gasteiger partial charge in [0.2, 0.25) is 0 Å². The maximum Gasteiger partial charge on any atom is 0.259 e. The standard InChI is InChI=1S/C22H16N4OS3/c27-19-18-13-7-4-8-15(13)29-22(18)26-17(25-19)10-28-20-14-9-16(12-5-2-1-3-6-12)30-21(14)24-11-23-20/h1-3,5-6,9,11H,4,7-8,10H2,(H,25,26,27). The van der Waals surface area contributed by atoms with E-state index < -0.39 is 0 Å². The Labute approximate surface area is 184 Å². The van der Waals surface area contributed by atoms with Gasteiger partial charge < -0.3 is 4.98 Å². The number of hydrogen-bond acceptors (Lipinski definition) is 7. The second-order valence-corrected chi connectivity index (χ2v) is 10.3. The first-order valence-corrected chi connectivity index (χ1v) is 12.3. The highest BCUT2D eigenvalue weighted by Crippen LogP contribution is 2.37. The summed E-state index contributed by atoms with van der Waals surface area (Å²) in [7, 11) is 0. The average Bonchev–Trinajstić information content (AvgIpc) is 3.46. The van der Waals surface area contributed by atoms with Crippen molar-refractivity contribution in [2.45, 2.75) is 30.0 Å². The van der Waals surface area contributed by atoms with Crippen LogP contribution in [0.3, 0.4) is 0 Å². The lowest BCUT2D eigenvalue weighted by molar-refractivity contribution is 0.916. The Kier molecular flexibility index (Phi) is 4.44. The molecule has 8 heteroatoms. The van der Waals surface area contributed by atoms with Gasteiger partial charge in [-0.3, -0.25) is 4.79 Å². The minimum atomic E-state index is -0.00951. The molecule has 0 amide bonds. The molecule has 4 heterocycles. The lowest BCUT2D eigenvalue weighted by atomic mass is 10.2. The number of thioether (sulfide) groups is 1. The topological polar surface area (TPSA) is 71.5 Å². The molecule has 0 saturated heterocycles. The van der Waals surface area contributed by atoms with E-state index in [0.717, 1.165) is 44.7 Å². The zero-order chi connectivity index (χ0) is 20.1. The van der Waals surface area contributed by atoms with Gasteiger partial charge >= 0.3 is 0 Å². The van der Waals surface area contributed by atoms with Gasteiger partial charge in [0.1, 0.15) is 26.8 Å². The summed E-state index contributed by atoms with van der Waals surface area (Å²) < 4.78 is 0. The average molecular weight is 449 g/mol. The van der Waals surface area contributed by atoms with Crippen LogP contribution >= 0.6 is 34.4 Å². The van der Waals surface area contributed by atoms with E-state index in [1.165, 1.54) is 20.9 Å². The molecule has 0 unspecified atom stereocenters. The number of rotatable bonds is 4. The van der Waals surface area contributed by atoms with E-state index in [9.17, 15) is 4.79 Å². The van der Waals surface area contributed by atoms with Crippen LogP contribution in [0.4, 0.5) is 0 Å². The Bertz CT molecular complexity index is 1450. The Morgan fingerprint density at radius 3 is 2.87 bits per heavy atom. The molecule has 4 aromatic heterocycles. The summed E-state index contributed by atoms with van der Waals surface area (Å²) in [6.45, 7) is 0. The van der Waals surface area contributed by atoms with E-state index in [2.05, 4.69) is 33.2 Å². The van der Waals surface area contributed by atoms with Crippen LogP contribution in [0.25, 0.3) is 30.9 Å². The van der Waals surface area contributed by atoms with E-state index >= 15 is 0 Å². The van der Waals surface area contributed by atoms with Gasteiger partial charge in [-0.25, -0.2) is 15.0 Å². The molecule has 0 bridgehead atoms. The number of benzene rings is 1. The van der Waals surface area contributed by atoms with Crippen LogP contribution in [0.1, 0.15) is 22.7 Å². The van der Waals surface area contributed by atoms with Gasteiger partial charge in [0.15, 0.2) is 0 Å². The fraction of sp³-hybridized carbons (Fsp3) is 0.182. The van der Waals surface area contributed by atoms with Gasteiger partial charge in [-0.05, 0) is 36.5 Å². The summed E-state index contributed by atoms with van der Waals surface area (Å²) in [6, 6.07) is 12.5. The predicted octanol–water partition coefficient (Wildman–Crippen LogP) is 5.44. The zero-order valence-electron chi connectivity index (χ0n) is 15.8. The van der Waals surface area contributed by atoms with Crippen molar-refractivity contribution in [3.8, 4) is 10.4 Å². The normalized spacial score (nSPS) is 13.3. The fourth-order valence-electron chi connectivity index (χ4n) is 3.95. The minimum Gasteiger partial charge on any atom is -0.309 e. The molecule has 0 atom stereocenters. The molecule has 5 aromatic rings. The summed E-state index contributed by atoms with van der Waals surface area (Å²) in [6.07, 6.45) is 4.82. The number of aryl methyl sites for hydroxylation is 2. The number of H-pyrrole nitrogens is 1. The Morgan fingerprint density at radius 1 is 1.07 bits per heavy atom. The van der Waals surface area contributed by atoms with Crippen molar-refractivity contribution in [3.05, 3.63) is 69.3 Å². The maximum absolute atomic E-state index is 12.7. The molecule has 30 heavy (non-hydrogen) atoms. The molecule has 1 aliphatic rings. The van der Waals surface area contributed by atoms with Gasteiger partial charge in [-0.15, -0.1) is 22.7 Å². The van der Waals surface area contributed by atoms with Crippen molar-refractivity contribution in [1.29, 1.82) is 0 Å². The van der Waals surface area contributed by atoms with E-state index in [4.69, 9.17) is 4.98 Å². The Morgan fingerprint density at radius 2 is 1.97 bits per heavy atom. The zero-order valence-corrected chi connectivity index (χ0v) is 18.3. The minimum absolute atomic E-state index is 0.00951. The molecule has 1 aromatic carbocycles. The summed E-state index contributed by atoms with van der Waals surface area (Å²) in [4.78, 5) is 33.7. The third-order valence-electron chi connectivity index (χ3n) is 5.32. The molecule has 0 fully saturated rings. The third-order valence-corrected chi connectivity index (χ3v) is 8.62. The van der Waals surface area contributed by atoms with Crippen LogP contribution < -0.4 is 5.56 Å². The molecular weight excluding hydrogens is 432 g/mol. The number of fused-ring (bicyclic) bond motifs is 4. The Balaban J connectivity index is 1.32. The van der Waals surface area contributed by atoms with E-state index in [1.54, 1.807) is 40.8 Å². The highest BCUT2D eigenvalue weighted by Gasteiger charge is 2.21. The number of aromatic amines is 1. The van der Waals surface area contributed by atoms with Crippen LogP contribution in [-0.2, 0) is 18.6 Å². The highest BCUT2D eigenvalue weighted by molar-refractivity contribution is 7.98. The molecule has 0 saturated carbocycles. The van der Waals surface area contributed by atoms with Crippen molar-refractivity contribution in [2.75, 3.05) is 0 Å². The highest BCUT2D eigenvalue weighted by atomic mass is 32.2. The van der Waals surface area contributed by atoms with Crippen LogP contribution in [0.2, 0.25) is 0 Å². The summed E-state index contributed by atoms with van der Waals surface area (Å²) in [5, 5.41) is 2.76. The molecular formula is C22H16N4OS3. The van der Waals surface area contributed by atoms with E-state index in [1.807, 2.05) is 18.2 Å². The van der Waals surface area contributed by atoms with E-state index in [-0.39, 0.29) is 5.56 Å². The van der Waals surface area contributed by atoms with E-state index in [0.29, 0.717) is 11.6 Å². The largest absolute Gasteiger partial charge is 0.309 e. The van der Waals surface area contributed by atoms with Gasteiger partial charge in [0.25, 0.3) is 5.56 Å². The first kappa shape index (κ1) is 18.2. The van der Waals surface area contributed by atoms with Crippen LogP contribution in [-0.4, -0.2) is 19.9 Å². The molecule has 1 N–H and O–H groups in total. The SMILES string of the molecule is O=c1[nH]c(CSc2ncnc3sc(-c4ccccc4)cc23)nc2sc3c(c12)CCC3. The van der Waals surface area contributed by atoms with Gasteiger partial charge in [0.05, 0.1) is 11.1 Å². The van der Waals surface area contributed by atoms with Crippen molar-refractivity contribution in [2.24, 2.45) is 0 Å². The molecule has 0 aliphatic heterocycles. The van der Waals surface area contributed by atoms with Gasteiger partial charge in [-0.1, -0.05) is 42.1 Å². The number of aromatic nitrogens is 4. The summed E-state index contributed by atoms with van der Waals surface area (Å²) >= 11 is 4.93. The van der Waals surface area contributed by atoms with Crippen molar-refractivity contribution in [3.63, 3.8) is 0 Å². The molecule has 0 spiro atoms.